The van der Waals surface area contributed by atoms with Crippen LogP contribution in [0, 0.1) is 11.8 Å². The number of nitrogens with one attached hydrogen (secondary N) is 1. The SMILES string of the molecule is CN(C)C(=O)CNc1cc(N(C)C)c2c(c1ON)C(=O)C1=C(O)[C@]3(O)C(=O)C(C(N)=O)=C(O)C(N(C)C)[C@@H]3C[C@@H]1C2. The van der Waals surface area contributed by atoms with Crippen molar-refractivity contribution in [2.45, 2.75) is 24.5 Å². The van der Waals surface area contributed by atoms with Gasteiger partial charge in [0.15, 0.2) is 17.1 Å². The molecule has 14 heteroatoms. The lowest BCUT2D eigenvalue weighted by Crippen LogP contribution is -2.63. The number of ketones is 2. The zero-order chi connectivity index (χ0) is 30.7. The van der Waals surface area contributed by atoms with Gasteiger partial charge in [0.2, 0.25) is 11.7 Å². The molecule has 8 N–H and O–H groups in total. The lowest BCUT2D eigenvalue weighted by atomic mass is 9.58. The van der Waals surface area contributed by atoms with Gasteiger partial charge >= 0.3 is 0 Å². The fraction of sp³-hybridized carbons (Fsp3) is 0.481. The van der Waals surface area contributed by atoms with E-state index in [1.54, 1.807) is 53.3 Å². The summed E-state index contributed by atoms with van der Waals surface area (Å²) in [5.74, 6) is -1.28. The molecule has 1 aromatic rings. The number of aliphatic hydroxyl groups excluding tert-OH is 2. The molecule has 0 fully saturated rings. The lowest BCUT2D eigenvalue weighted by molar-refractivity contribution is -0.148. The van der Waals surface area contributed by atoms with Gasteiger partial charge in [-0.15, -0.1) is 0 Å². The van der Waals surface area contributed by atoms with Crippen molar-refractivity contribution in [3.05, 3.63) is 39.9 Å². The number of nitrogens with zero attached hydrogens (tertiary/aromatic N) is 3. The molecule has 14 nitrogen and oxygen atoms in total. The third kappa shape index (κ3) is 4.38. The maximum Gasteiger partial charge on any atom is 0.255 e. The molecule has 222 valence electrons. The first-order valence-corrected chi connectivity index (χ1v) is 12.9. The Morgan fingerprint density at radius 3 is 2.29 bits per heavy atom. The van der Waals surface area contributed by atoms with E-state index in [0.717, 1.165) is 0 Å². The van der Waals surface area contributed by atoms with E-state index >= 15 is 0 Å². The van der Waals surface area contributed by atoms with Gasteiger partial charge in [-0.1, -0.05) is 0 Å². The number of anilines is 2. The van der Waals surface area contributed by atoms with Crippen LogP contribution in [0.4, 0.5) is 11.4 Å². The molecule has 0 saturated carbocycles. The van der Waals surface area contributed by atoms with E-state index in [1.807, 2.05) is 0 Å². The first kappa shape index (κ1) is 29.8. The monoisotopic (exact) mass is 572 g/mol. The zero-order valence-electron chi connectivity index (χ0n) is 23.8. The average Bonchev–Trinajstić information content (AvgIpc) is 2.88. The number of allylic oxidation sites excluding steroid dienone is 1. The summed E-state index contributed by atoms with van der Waals surface area (Å²) in [6, 6.07) is 0.642. The smallest absolute Gasteiger partial charge is 0.255 e. The number of hydrogen-bond acceptors (Lipinski definition) is 12. The molecule has 4 rings (SSSR count). The van der Waals surface area contributed by atoms with Crippen LogP contribution in [0.25, 0.3) is 0 Å². The van der Waals surface area contributed by atoms with Crippen molar-refractivity contribution in [1.29, 1.82) is 0 Å². The maximum atomic E-state index is 14.2. The number of fused-ring (bicyclic) bond motifs is 3. The van der Waals surface area contributed by atoms with Gasteiger partial charge in [0, 0.05) is 45.4 Å². The largest absolute Gasteiger partial charge is 0.510 e. The number of aliphatic hydroxyl groups is 3. The highest BCUT2D eigenvalue weighted by molar-refractivity contribution is 6.25. The maximum absolute atomic E-state index is 14.2. The van der Waals surface area contributed by atoms with Gasteiger partial charge in [0.1, 0.15) is 17.1 Å². The highest BCUT2D eigenvalue weighted by Gasteiger charge is 2.63. The van der Waals surface area contributed by atoms with Crippen LogP contribution < -0.4 is 26.7 Å². The third-order valence-electron chi connectivity index (χ3n) is 8.21. The van der Waals surface area contributed by atoms with Crippen LogP contribution in [0.5, 0.6) is 5.75 Å². The van der Waals surface area contributed by atoms with Crippen LogP contribution in [-0.4, -0.2) is 109 Å². The Morgan fingerprint density at radius 1 is 1.15 bits per heavy atom. The summed E-state index contributed by atoms with van der Waals surface area (Å²) in [6.07, 6.45) is 0.199. The fourth-order valence-electron chi connectivity index (χ4n) is 6.27. The molecule has 3 aliphatic carbocycles. The van der Waals surface area contributed by atoms with E-state index in [0.29, 0.717) is 11.3 Å². The molecular weight excluding hydrogens is 536 g/mol. The molecule has 3 aliphatic rings. The van der Waals surface area contributed by atoms with E-state index in [-0.39, 0.29) is 47.9 Å². The number of benzene rings is 1. The minimum atomic E-state index is -2.70. The first-order valence-electron chi connectivity index (χ1n) is 12.9. The van der Waals surface area contributed by atoms with Gasteiger partial charge in [0.25, 0.3) is 5.91 Å². The van der Waals surface area contributed by atoms with Crippen LogP contribution in [0.15, 0.2) is 28.7 Å². The van der Waals surface area contributed by atoms with E-state index in [2.05, 4.69) is 5.32 Å². The third-order valence-corrected chi connectivity index (χ3v) is 8.21. The van der Waals surface area contributed by atoms with Crippen LogP contribution in [0.3, 0.4) is 0 Å². The van der Waals surface area contributed by atoms with Crippen molar-refractivity contribution in [1.82, 2.24) is 9.80 Å². The minimum Gasteiger partial charge on any atom is -0.510 e. The quantitative estimate of drug-likeness (QED) is 0.176. The van der Waals surface area contributed by atoms with Gasteiger partial charge in [0.05, 0.1) is 23.8 Å². The Kier molecular flexibility index (Phi) is 7.54. The zero-order valence-corrected chi connectivity index (χ0v) is 23.8. The normalized spacial score (nSPS) is 25.4. The van der Waals surface area contributed by atoms with Crippen molar-refractivity contribution in [2.75, 3.05) is 59.0 Å². The number of Topliss-reactive ketones (excluding diaryl/α,β-unsaturated/α-hetero) is 2. The molecule has 4 atom stereocenters. The van der Waals surface area contributed by atoms with Gasteiger partial charge in [-0.3, -0.25) is 24.1 Å². The van der Waals surface area contributed by atoms with Crippen molar-refractivity contribution in [3.63, 3.8) is 0 Å². The van der Waals surface area contributed by atoms with E-state index in [4.69, 9.17) is 16.5 Å². The van der Waals surface area contributed by atoms with Crippen LogP contribution in [0.2, 0.25) is 0 Å². The second-order valence-electron chi connectivity index (χ2n) is 11.2. The van der Waals surface area contributed by atoms with Crippen LogP contribution in [0.1, 0.15) is 22.3 Å². The Bertz CT molecular complexity index is 1410. The number of hydrogen-bond donors (Lipinski definition) is 6. The summed E-state index contributed by atoms with van der Waals surface area (Å²) < 4.78 is 0. The first-order chi connectivity index (χ1) is 19.1. The topological polar surface area (TPSA) is 212 Å². The Labute approximate surface area is 236 Å². The minimum absolute atomic E-state index is 0.000663. The van der Waals surface area contributed by atoms with Gasteiger partial charge in [-0.2, -0.15) is 5.90 Å². The number of nitrogens with two attached hydrogens (primary N) is 2. The van der Waals surface area contributed by atoms with E-state index in [9.17, 15) is 34.5 Å². The highest BCUT2D eigenvalue weighted by Crippen LogP contribution is 2.54. The summed E-state index contributed by atoms with van der Waals surface area (Å²) >= 11 is 0. The molecular formula is C27H36N6O8. The number of likely N-dealkylation sites (N-methyl/N-ethyl adjacent to an activating group) is 2. The molecule has 2 amide bonds. The number of primary amides is 1. The molecule has 0 aliphatic heterocycles. The predicted octanol–water partition coefficient (Wildman–Crippen LogP) is -0.766. The summed E-state index contributed by atoms with van der Waals surface area (Å²) in [5.41, 5.74) is 3.04. The number of carbonyl (C=O) groups is 4. The number of rotatable bonds is 7. The lowest BCUT2D eigenvalue weighted by Gasteiger charge is -2.50. The molecule has 1 aromatic carbocycles. The molecule has 41 heavy (non-hydrogen) atoms. The molecule has 0 saturated heterocycles. The Hall–Kier alpha value is -4.14. The van der Waals surface area contributed by atoms with Gasteiger partial charge in [-0.05, 0) is 44.5 Å². The van der Waals surface area contributed by atoms with Crippen molar-refractivity contribution in [3.8, 4) is 5.75 Å². The molecule has 1 unspecified atom stereocenters. The summed E-state index contributed by atoms with van der Waals surface area (Å²) in [4.78, 5) is 61.9. The number of amides is 2. The van der Waals surface area contributed by atoms with Gasteiger partial charge in [-0.25, -0.2) is 0 Å². The van der Waals surface area contributed by atoms with E-state index in [1.165, 1.54) is 9.80 Å². The predicted molar refractivity (Wildman–Crippen MR) is 148 cm³/mol. The van der Waals surface area contributed by atoms with Crippen LogP contribution in [-0.2, 0) is 20.8 Å². The standard InChI is InChI=1S/C27H36N6O8/c1-31(2)15-9-14(30-10-16(34)32(3)4)23(41-29)18-12(15)7-11-8-13-20(33(5)6)22(36)19(26(28)39)25(38)27(13,40)24(37)17(11)21(18)35/h9,11,13,20,30,36-37,40H,7-8,10,29H2,1-6H3,(H2,28,39)/t11-,13-,20?,27-/m0/s1. The Morgan fingerprint density at radius 2 is 1.78 bits per heavy atom. The Balaban J connectivity index is 1.94. The van der Waals surface area contributed by atoms with Crippen molar-refractivity contribution in [2.24, 2.45) is 23.5 Å². The molecule has 0 bridgehead atoms. The summed E-state index contributed by atoms with van der Waals surface area (Å²) in [5, 5.41) is 37.2. The fourth-order valence-corrected chi connectivity index (χ4v) is 6.27. The molecule has 0 heterocycles. The second kappa shape index (κ2) is 10.4. The second-order valence-corrected chi connectivity index (χ2v) is 11.2. The van der Waals surface area contributed by atoms with Crippen LogP contribution >= 0.6 is 0 Å². The summed E-state index contributed by atoms with van der Waals surface area (Å²) in [6.45, 7) is -0.132. The average molecular weight is 573 g/mol. The highest BCUT2D eigenvalue weighted by atomic mass is 16.6. The summed E-state index contributed by atoms with van der Waals surface area (Å²) in [7, 11) is 9.89. The van der Waals surface area contributed by atoms with Crippen molar-refractivity contribution < 1.29 is 39.3 Å². The number of carbonyl (C=O) groups excluding carboxylic acids is 4. The molecule has 0 aromatic heterocycles. The molecule has 0 radical (unpaired) electrons. The molecule has 0 spiro atoms. The van der Waals surface area contributed by atoms with Crippen molar-refractivity contribution >= 4 is 34.8 Å². The van der Waals surface area contributed by atoms with E-state index < -0.39 is 58.0 Å². The van der Waals surface area contributed by atoms with Gasteiger partial charge < -0.3 is 41.0 Å².